The van der Waals surface area contributed by atoms with E-state index in [2.05, 4.69) is 16.4 Å². The molecule has 1 saturated heterocycles. The number of methoxy groups -OCH3 is 1. The first kappa shape index (κ1) is 21.1. The van der Waals surface area contributed by atoms with E-state index in [1.807, 2.05) is 47.3 Å². The zero-order chi connectivity index (χ0) is 21.5. The van der Waals surface area contributed by atoms with Crippen LogP contribution >= 0.6 is 0 Å². The SMILES string of the molecule is COc1ccc(-c2cc(-c3cccnc3)n(CCNC(=O)C[C@@H]3CCCCO3)n2)cc1. The lowest BCUT2D eigenvalue weighted by molar-refractivity contribution is -0.124. The Hall–Kier alpha value is -3.19. The average molecular weight is 421 g/mol. The molecule has 0 radical (unpaired) electrons. The summed E-state index contributed by atoms with van der Waals surface area (Å²) in [7, 11) is 1.65. The van der Waals surface area contributed by atoms with E-state index >= 15 is 0 Å². The van der Waals surface area contributed by atoms with Crippen molar-refractivity contribution in [2.75, 3.05) is 20.3 Å². The van der Waals surface area contributed by atoms with Gasteiger partial charge in [0.05, 0.1) is 37.6 Å². The Labute approximate surface area is 182 Å². The summed E-state index contributed by atoms with van der Waals surface area (Å²) in [6.07, 6.45) is 7.23. The fraction of sp³-hybridized carbons (Fsp3) is 0.375. The van der Waals surface area contributed by atoms with Crippen LogP contribution in [0, 0.1) is 0 Å². The number of rotatable bonds is 8. The zero-order valence-electron chi connectivity index (χ0n) is 17.8. The summed E-state index contributed by atoms with van der Waals surface area (Å²) in [5.74, 6) is 0.831. The van der Waals surface area contributed by atoms with Crippen LogP contribution in [0.15, 0.2) is 54.9 Å². The van der Waals surface area contributed by atoms with Crippen LogP contribution in [-0.4, -0.2) is 47.0 Å². The van der Waals surface area contributed by atoms with Gasteiger partial charge in [0, 0.05) is 36.7 Å². The van der Waals surface area contributed by atoms with Crippen LogP contribution in [0.1, 0.15) is 25.7 Å². The first-order valence-electron chi connectivity index (χ1n) is 10.7. The lowest BCUT2D eigenvalue weighted by Crippen LogP contribution is -2.32. The Morgan fingerprint density at radius 1 is 1.23 bits per heavy atom. The van der Waals surface area contributed by atoms with Crippen molar-refractivity contribution in [1.82, 2.24) is 20.1 Å². The van der Waals surface area contributed by atoms with Gasteiger partial charge in [-0.25, -0.2) is 0 Å². The molecule has 162 valence electrons. The van der Waals surface area contributed by atoms with Crippen molar-refractivity contribution < 1.29 is 14.3 Å². The number of pyridine rings is 1. The minimum Gasteiger partial charge on any atom is -0.497 e. The number of benzene rings is 1. The summed E-state index contributed by atoms with van der Waals surface area (Å²) in [5, 5.41) is 7.81. The minimum absolute atomic E-state index is 0.0253. The highest BCUT2D eigenvalue weighted by atomic mass is 16.5. The van der Waals surface area contributed by atoms with Crippen LogP contribution < -0.4 is 10.1 Å². The molecular weight excluding hydrogens is 392 g/mol. The molecule has 1 aromatic carbocycles. The van der Waals surface area contributed by atoms with E-state index in [1.54, 1.807) is 13.3 Å². The van der Waals surface area contributed by atoms with Gasteiger partial charge in [0.25, 0.3) is 0 Å². The van der Waals surface area contributed by atoms with Gasteiger partial charge in [-0.2, -0.15) is 5.10 Å². The maximum absolute atomic E-state index is 12.3. The third kappa shape index (κ3) is 5.49. The highest BCUT2D eigenvalue weighted by molar-refractivity contribution is 5.76. The van der Waals surface area contributed by atoms with Gasteiger partial charge in [0.15, 0.2) is 0 Å². The second kappa shape index (κ2) is 10.2. The third-order valence-electron chi connectivity index (χ3n) is 5.46. The molecule has 0 saturated carbocycles. The van der Waals surface area contributed by atoms with E-state index < -0.39 is 0 Å². The maximum atomic E-state index is 12.3. The molecule has 0 bridgehead atoms. The molecule has 7 nitrogen and oxygen atoms in total. The van der Waals surface area contributed by atoms with Crippen molar-refractivity contribution in [2.24, 2.45) is 0 Å². The molecule has 4 rings (SSSR count). The predicted molar refractivity (Wildman–Crippen MR) is 119 cm³/mol. The molecule has 1 atom stereocenters. The third-order valence-corrected chi connectivity index (χ3v) is 5.46. The van der Waals surface area contributed by atoms with Gasteiger partial charge in [-0.15, -0.1) is 0 Å². The van der Waals surface area contributed by atoms with Crippen LogP contribution in [0.25, 0.3) is 22.5 Å². The van der Waals surface area contributed by atoms with Crippen LogP contribution in [0.2, 0.25) is 0 Å². The molecular formula is C24H28N4O3. The molecule has 1 fully saturated rings. The van der Waals surface area contributed by atoms with E-state index in [0.29, 0.717) is 19.5 Å². The van der Waals surface area contributed by atoms with E-state index in [-0.39, 0.29) is 12.0 Å². The summed E-state index contributed by atoms with van der Waals surface area (Å²) in [4.78, 5) is 16.5. The zero-order valence-corrected chi connectivity index (χ0v) is 17.8. The van der Waals surface area contributed by atoms with Crippen molar-refractivity contribution in [3.05, 3.63) is 54.9 Å². The Kier molecular flexibility index (Phi) is 6.94. The minimum atomic E-state index is 0.0253. The second-order valence-corrected chi connectivity index (χ2v) is 7.65. The molecule has 0 unspecified atom stereocenters. The van der Waals surface area contributed by atoms with Gasteiger partial charge in [0.2, 0.25) is 5.91 Å². The molecule has 1 amide bonds. The lowest BCUT2D eigenvalue weighted by atomic mass is 10.1. The normalized spacial score (nSPS) is 16.1. The Morgan fingerprint density at radius 3 is 2.81 bits per heavy atom. The fourth-order valence-corrected chi connectivity index (χ4v) is 3.79. The van der Waals surface area contributed by atoms with E-state index in [9.17, 15) is 4.79 Å². The summed E-state index contributed by atoms with van der Waals surface area (Å²) in [6.45, 7) is 1.83. The van der Waals surface area contributed by atoms with E-state index in [1.165, 1.54) is 0 Å². The number of hydrogen-bond donors (Lipinski definition) is 1. The fourth-order valence-electron chi connectivity index (χ4n) is 3.79. The monoisotopic (exact) mass is 420 g/mol. The quantitative estimate of drug-likeness (QED) is 0.601. The van der Waals surface area contributed by atoms with Gasteiger partial charge < -0.3 is 14.8 Å². The largest absolute Gasteiger partial charge is 0.497 e. The van der Waals surface area contributed by atoms with E-state index in [4.69, 9.17) is 14.6 Å². The Bertz CT molecular complexity index is 980. The van der Waals surface area contributed by atoms with E-state index in [0.717, 1.165) is 54.1 Å². The van der Waals surface area contributed by atoms with Gasteiger partial charge in [0.1, 0.15) is 5.75 Å². The molecule has 7 heteroatoms. The van der Waals surface area contributed by atoms with Crippen molar-refractivity contribution in [1.29, 1.82) is 0 Å². The van der Waals surface area contributed by atoms with Crippen LogP contribution in [0.5, 0.6) is 5.75 Å². The molecule has 2 aromatic heterocycles. The number of carbonyl (C=O) groups excluding carboxylic acids is 1. The molecule has 1 aliphatic rings. The Morgan fingerprint density at radius 2 is 2.10 bits per heavy atom. The summed E-state index contributed by atoms with van der Waals surface area (Å²) in [5.41, 5.74) is 3.81. The molecule has 3 heterocycles. The molecule has 1 N–H and O–H groups in total. The van der Waals surface area contributed by atoms with Gasteiger partial charge in [-0.3, -0.25) is 14.5 Å². The van der Waals surface area contributed by atoms with Crippen molar-refractivity contribution in [3.63, 3.8) is 0 Å². The van der Waals surface area contributed by atoms with Crippen molar-refractivity contribution in [3.8, 4) is 28.3 Å². The van der Waals surface area contributed by atoms with Crippen LogP contribution in [0.4, 0.5) is 0 Å². The highest BCUT2D eigenvalue weighted by Gasteiger charge is 2.18. The number of nitrogens with zero attached hydrogens (tertiary/aromatic N) is 3. The summed E-state index contributed by atoms with van der Waals surface area (Å²) in [6, 6.07) is 13.8. The molecule has 0 spiro atoms. The number of carbonyl (C=O) groups is 1. The predicted octanol–water partition coefficient (Wildman–Crippen LogP) is 3.70. The number of nitrogens with one attached hydrogen (secondary N) is 1. The van der Waals surface area contributed by atoms with Crippen LogP contribution in [0.3, 0.4) is 0 Å². The molecule has 31 heavy (non-hydrogen) atoms. The number of hydrogen-bond acceptors (Lipinski definition) is 5. The Balaban J connectivity index is 1.46. The first-order valence-corrected chi connectivity index (χ1v) is 10.7. The van der Waals surface area contributed by atoms with Crippen LogP contribution in [-0.2, 0) is 16.1 Å². The number of aromatic nitrogens is 3. The topological polar surface area (TPSA) is 78.3 Å². The van der Waals surface area contributed by atoms with Gasteiger partial charge >= 0.3 is 0 Å². The smallest absolute Gasteiger partial charge is 0.222 e. The highest BCUT2D eigenvalue weighted by Crippen LogP contribution is 2.27. The second-order valence-electron chi connectivity index (χ2n) is 7.65. The average Bonchev–Trinajstić information content (AvgIpc) is 3.24. The number of amides is 1. The van der Waals surface area contributed by atoms with Gasteiger partial charge in [-0.05, 0) is 61.7 Å². The summed E-state index contributed by atoms with van der Waals surface area (Å²) < 4.78 is 12.8. The van der Waals surface area contributed by atoms with Gasteiger partial charge in [-0.1, -0.05) is 0 Å². The molecule has 0 aliphatic carbocycles. The van der Waals surface area contributed by atoms with Crippen molar-refractivity contribution in [2.45, 2.75) is 38.3 Å². The number of ether oxygens (including phenoxy) is 2. The molecule has 1 aliphatic heterocycles. The first-order chi connectivity index (χ1) is 15.2. The standard InChI is InChI=1S/C24H28N4O3/c1-30-20-9-7-18(8-10-20)22-16-23(19-5-4-11-25-17-19)28(27-22)13-12-26-24(29)15-21-6-2-3-14-31-21/h4-5,7-11,16-17,21H,2-3,6,12-15H2,1H3,(H,26,29)/t21-/m0/s1. The van der Waals surface area contributed by atoms with Crippen molar-refractivity contribution >= 4 is 5.91 Å². The lowest BCUT2D eigenvalue weighted by Gasteiger charge is -2.21. The maximum Gasteiger partial charge on any atom is 0.222 e. The summed E-state index contributed by atoms with van der Waals surface area (Å²) >= 11 is 0. The molecule has 3 aromatic rings.